The number of rotatable bonds is 7. The summed E-state index contributed by atoms with van der Waals surface area (Å²) in [4.78, 5) is 8.85. The third kappa shape index (κ3) is 3.88. The molecule has 4 nitrogen and oxygen atoms in total. The van der Waals surface area contributed by atoms with Crippen LogP contribution in [0.2, 0.25) is 0 Å². The number of hydrogen-bond acceptors (Lipinski definition) is 3. The minimum atomic E-state index is -5.21. The number of halogens is 6. The number of sulfonamides is 1. The average Bonchev–Trinajstić information content (AvgIpc) is 2.46. The molecule has 128 valence electrons. The highest BCUT2D eigenvalue weighted by atomic mass is 35.5. The molecule has 0 atom stereocenters. The monoisotopic (exact) mass is 377 g/mol. The quantitative estimate of drug-likeness (QED) is 0.241. The van der Waals surface area contributed by atoms with E-state index in [9.17, 15) is 35.2 Å². The van der Waals surface area contributed by atoms with E-state index >= 15 is 0 Å². The van der Waals surface area contributed by atoms with E-state index in [0.29, 0.717) is 0 Å². The Morgan fingerprint density at radius 2 is 1.48 bits per heavy atom. The molecule has 0 radical (unpaired) electrons. The van der Waals surface area contributed by atoms with Crippen LogP contribution >= 0.6 is 11.6 Å². The largest absolute Gasteiger partial charge is 0.280 e. The van der Waals surface area contributed by atoms with E-state index in [2.05, 4.69) is 6.58 Å². The smallest absolute Gasteiger partial charge is 0.249 e. The van der Waals surface area contributed by atoms with Crippen LogP contribution in [0.3, 0.4) is 0 Å². The van der Waals surface area contributed by atoms with Gasteiger partial charge in [-0.3, -0.25) is 4.79 Å². The molecule has 0 saturated carbocycles. The van der Waals surface area contributed by atoms with Gasteiger partial charge in [0.1, 0.15) is 0 Å². The van der Waals surface area contributed by atoms with Gasteiger partial charge in [0.05, 0.1) is 6.54 Å². The van der Waals surface area contributed by atoms with Crippen molar-refractivity contribution in [2.75, 3.05) is 13.1 Å². The maximum atomic E-state index is 13.7. The zero-order valence-electron chi connectivity index (χ0n) is 11.3. The first-order valence-electron chi connectivity index (χ1n) is 5.86. The Bertz CT molecular complexity index is 725. The maximum absolute atomic E-state index is 13.7. The molecule has 0 N–H and O–H groups in total. The second kappa shape index (κ2) is 7.37. The Labute approximate surface area is 133 Å². The normalized spacial score (nSPS) is 11.8. The highest BCUT2D eigenvalue weighted by Crippen LogP contribution is 2.29. The molecule has 0 spiro atoms. The molecule has 0 aliphatic carbocycles. The first kappa shape index (κ1) is 19.5. The zero-order valence-corrected chi connectivity index (χ0v) is 12.8. The maximum Gasteiger partial charge on any atom is 0.249 e. The van der Waals surface area contributed by atoms with Crippen molar-refractivity contribution in [2.45, 2.75) is 11.3 Å². The molecule has 0 saturated heterocycles. The van der Waals surface area contributed by atoms with Crippen molar-refractivity contribution in [3.05, 3.63) is 41.7 Å². The fourth-order valence-corrected chi connectivity index (χ4v) is 3.34. The molecule has 0 aromatic heterocycles. The summed E-state index contributed by atoms with van der Waals surface area (Å²) in [7, 11) is -5.21. The lowest BCUT2D eigenvalue weighted by Crippen LogP contribution is -2.36. The predicted molar refractivity (Wildman–Crippen MR) is 70.7 cm³/mol. The lowest BCUT2D eigenvalue weighted by molar-refractivity contribution is -0.111. The Balaban J connectivity index is 3.57. The van der Waals surface area contributed by atoms with Gasteiger partial charge in [-0.15, -0.1) is 6.58 Å². The Hall–Kier alpha value is -1.52. The van der Waals surface area contributed by atoms with Crippen LogP contribution < -0.4 is 0 Å². The first-order chi connectivity index (χ1) is 10.6. The molecule has 0 fully saturated rings. The van der Waals surface area contributed by atoms with Crippen LogP contribution in [0.25, 0.3) is 0 Å². The van der Waals surface area contributed by atoms with Gasteiger partial charge in [-0.1, -0.05) is 6.08 Å². The highest BCUT2D eigenvalue weighted by molar-refractivity contribution is 7.89. The van der Waals surface area contributed by atoms with Crippen molar-refractivity contribution in [1.82, 2.24) is 4.31 Å². The summed E-state index contributed by atoms with van der Waals surface area (Å²) in [6.07, 6.45) is 1.17. The predicted octanol–water partition coefficient (Wildman–Crippen LogP) is 2.71. The van der Waals surface area contributed by atoms with Gasteiger partial charge in [0, 0.05) is 6.54 Å². The van der Waals surface area contributed by atoms with Crippen LogP contribution in [0.1, 0.15) is 6.42 Å². The van der Waals surface area contributed by atoms with Gasteiger partial charge in [0.2, 0.25) is 21.1 Å². The Kier molecular flexibility index (Phi) is 6.25. The van der Waals surface area contributed by atoms with Crippen molar-refractivity contribution in [3.8, 4) is 0 Å². The second-order valence-electron chi connectivity index (χ2n) is 4.17. The minimum absolute atomic E-state index is 0.0568. The van der Waals surface area contributed by atoms with Crippen molar-refractivity contribution in [3.63, 3.8) is 0 Å². The average molecular weight is 378 g/mol. The van der Waals surface area contributed by atoms with Gasteiger partial charge in [0.15, 0.2) is 28.2 Å². The molecule has 0 heterocycles. The van der Waals surface area contributed by atoms with Crippen LogP contribution in [0, 0.1) is 29.1 Å². The van der Waals surface area contributed by atoms with Gasteiger partial charge in [0.25, 0.3) is 0 Å². The molecule has 0 aliphatic rings. The van der Waals surface area contributed by atoms with Crippen LogP contribution in [0.15, 0.2) is 17.6 Å². The van der Waals surface area contributed by atoms with E-state index in [1.54, 1.807) is 0 Å². The van der Waals surface area contributed by atoms with Crippen molar-refractivity contribution < 1.29 is 35.2 Å². The summed E-state index contributed by atoms with van der Waals surface area (Å²) in [6, 6.07) is 0. The van der Waals surface area contributed by atoms with Gasteiger partial charge >= 0.3 is 0 Å². The van der Waals surface area contributed by atoms with E-state index in [4.69, 9.17) is 11.6 Å². The van der Waals surface area contributed by atoms with E-state index in [1.165, 1.54) is 6.08 Å². The fourth-order valence-electron chi connectivity index (χ4n) is 1.60. The summed E-state index contributed by atoms with van der Waals surface area (Å²) in [5, 5.41) is -1.21. The molecule has 11 heteroatoms. The second-order valence-corrected chi connectivity index (χ2v) is 6.47. The summed E-state index contributed by atoms with van der Waals surface area (Å²) in [5.74, 6) is -12.4. The van der Waals surface area contributed by atoms with Crippen LogP contribution in [-0.2, 0) is 14.8 Å². The van der Waals surface area contributed by atoms with Crippen LogP contribution in [-0.4, -0.2) is 31.1 Å². The number of carbonyl (C=O) groups excluding carboxylic acids is 1. The topological polar surface area (TPSA) is 54.5 Å². The molecule has 23 heavy (non-hydrogen) atoms. The van der Waals surface area contributed by atoms with Crippen molar-refractivity contribution in [2.24, 2.45) is 0 Å². The molecule has 0 aliphatic heterocycles. The molecule has 1 aromatic carbocycles. The van der Waals surface area contributed by atoms with Crippen LogP contribution in [0.5, 0.6) is 0 Å². The lowest BCUT2D eigenvalue weighted by atomic mass is 10.3. The van der Waals surface area contributed by atoms with Gasteiger partial charge in [-0.25, -0.2) is 30.4 Å². The van der Waals surface area contributed by atoms with Gasteiger partial charge in [-0.2, -0.15) is 4.31 Å². The van der Waals surface area contributed by atoms with E-state index in [1.807, 2.05) is 0 Å². The molecule has 1 aromatic rings. The summed E-state index contributed by atoms with van der Waals surface area (Å²) in [6.45, 7) is 1.77. The Morgan fingerprint density at radius 1 is 1.04 bits per heavy atom. The summed E-state index contributed by atoms with van der Waals surface area (Å²) >= 11 is 5.05. The molecule has 0 bridgehead atoms. The molecule has 1 rings (SSSR count). The molecule has 0 unspecified atom stereocenters. The highest BCUT2D eigenvalue weighted by Gasteiger charge is 2.37. The van der Waals surface area contributed by atoms with Gasteiger partial charge < -0.3 is 0 Å². The summed E-state index contributed by atoms with van der Waals surface area (Å²) in [5.41, 5.74) is 0. The third-order valence-electron chi connectivity index (χ3n) is 2.65. The number of benzene rings is 1. The number of nitrogens with zero attached hydrogens (tertiary/aromatic N) is 1. The Morgan fingerprint density at radius 3 is 1.87 bits per heavy atom. The van der Waals surface area contributed by atoms with Gasteiger partial charge in [-0.05, 0) is 18.0 Å². The van der Waals surface area contributed by atoms with Crippen LogP contribution in [0.4, 0.5) is 22.0 Å². The fraction of sp³-hybridized carbons (Fsp3) is 0.250. The van der Waals surface area contributed by atoms with Crippen molar-refractivity contribution >= 4 is 26.9 Å². The number of hydrogen-bond donors (Lipinski definition) is 0. The minimum Gasteiger partial charge on any atom is -0.280 e. The number of carbonyl (C=O) groups is 1. The lowest BCUT2D eigenvalue weighted by Gasteiger charge is -2.20. The van der Waals surface area contributed by atoms with Crippen molar-refractivity contribution in [1.29, 1.82) is 0 Å². The molecular formula is C12H9ClF5NO3S. The van der Waals surface area contributed by atoms with E-state index in [-0.39, 0.29) is 10.7 Å². The van der Waals surface area contributed by atoms with E-state index < -0.39 is 62.3 Å². The van der Waals surface area contributed by atoms with E-state index in [0.717, 1.165) is 0 Å². The third-order valence-corrected chi connectivity index (χ3v) is 4.64. The summed E-state index contributed by atoms with van der Waals surface area (Å²) < 4.78 is 91.1. The standard InChI is InChI=1S/C12H9ClF5NO3S/c1-2-3-4-19(5-6(13)20)23(21,22)12-10(17)8(15)7(14)9(16)11(12)18/h2H,1,3-5H2. The molecule has 0 amide bonds. The molecular weight excluding hydrogens is 369 g/mol. The first-order valence-corrected chi connectivity index (χ1v) is 7.68. The SMILES string of the molecule is C=CCCN(CC(=O)Cl)S(=O)(=O)c1c(F)c(F)c(F)c(F)c1F. The zero-order chi connectivity index (χ0) is 17.9.